The number of rotatable bonds is 16. The zero-order valence-electron chi connectivity index (χ0n) is 75.2. The topological polar surface area (TPSA) is 197 Å². The van der Waals surface area contributed by atoms with Gasteiger partial charge in [0.05, 0.1) is 90.4 Å². The maximum atomic E-state index is 6.27. The summed E-state index contributed by atoms with van der Waals surface area (Å²) in [5.74, 6) is 1.85. The fourth-order valence-corrected chi connectivity index (χ4v) is 16.0. The number of pyridine rings is 5. The van der Waals surface area contributed by atoms with Gasteiger partial charge in [0.1, 0.15) is 0 Å². The molecule has 0 unspecified atom stereocenters. The van der Waals surface area contributed by atoms with E-state index in [0.29, 0.717) is 17.5 Å². The zero-order chi connectivity index (χ0) is 90.2. The Morgan fingerprint density at radius 1 is 0.206 bits per heavy atom. The molecule has 0 radical (unpaired) electrons. The van der Waals surface area contributed by atoms with Gasteiger partial charge < -0.3 is 27.9 Å². The van der Waals surface area contributed by atoms with Crippen LogP contribution in [0.25, 0.3) is 168 Å². The smallest absolute Gasteiger partial charge is 0.399 e. The van der Waals surface area contributed by atoms with Crippen LogP contribution in [0.5, 0.6) is 0 Å². The normalized spacial score (nSPS) is 15.5. The average molecular weight is 1710 g/mol. The van der Waals surface area contributed by atoms with E-state index in [4.69, 9.17) is 77.8 Å². The van der Waals surface area contributed by atoms with Crippen LogP contribution in [0.3, 0.4) is 0 Å². The number of fused-ring (bicyclic) bond motifs is 3. The summed E-state index contributed by atoms with van der Waals surface area (Å²) in [6.07, 6.45) is 11.1. The van der Waals surface area contributed by atoms with Crippen molar-refractivity contribution in [1.82, 2.24) is 54.8 Å². The van der Waals surface area contributed by atoms with E-state index in [1.54, 1.807) is 6.20 Å². The maximum absolute atomic E-state index is 6.27. The van der Waals surface area contributed by atoms with Crippen molar-refractivity contribution in [1.29, 1.82) is 0 Å². The summed E-state index contributed by atoms with van der Waals surface area (Å²) in [6, 6.07) is 111. The molecule has 18 aromatic rings. The molecule has 3 aliphatic heterocycles. The standard InChI is InChI=1S/C39H34BN3O2.C38H33BN4O2.C34H29BN4O2/c1-38(2)39(3,4)45-40(44-38)33-22-19-31(20-23-33)37-42-35(30-17-15-28(16-18-30)27-11-7-5-8-12-27)25-36(43-37)32-21-24-34(41-26-32)29-13-9-6-10-14-29;1-37(2)38(3,4)45-39(44-37)31-19-15-28(16-20-31)36-42-34(32-21-17-29(24-40-32)26-11-7-5-8-12-26)23-35(43-36)33-22-18-30(25-41-33)27-13-9-6-10-14-27;1-33(2)34(3,4)41-35(40-33)25-15-13-22(14-16-25)32-38-29(24-10-7-17-36-21-24)20-30(39-32)28-19-23-9-5-6-11-26(23)27-12-8-18-37-31(27)28/h5-26H,1-4H3;5-25H,1-4H3;5-21H,1-4H3. The second-order valence-electron chi connectivity index (χ2n) is 36.1. The molecule has 0 bridgehead atoms. The first-order valence-electron chi connectivity index (χ1n) is 44.2. The molecule has 20 heteroatoms. The molecule has 0 spiro atoms. The van der Waals surface area contributed by atoms with E-state index in [1.165, 1.54) is 10.9 Å². The van der Waals surface area contributed by atoms with Gasteiger partial charge in [0.15, 0.2) is 17.5 Å². The van der Waals surface area contributed by atoms with Crippen LogP contribution in [0, 0.1) is 0 Å². The largest absolute Gasteiger partial charge is 0.494 e. The molecule has 21 rings (SSSR count). The van der Waals surface area contributed by atoms with E-state index >= 15 is 0 Å². The van der Waals surface area contributed by atoms with E-state index in [-0.39, 0.29) is 0 Å². The van der Waals surface area contributed by atoms with E-state index in [9.17, 15) is 0 Å². The van der Waals surface area contributed by atoms with Crippen LogP contribution >= 0.6 is 0 Å². The third kappa shape index (κ3) is 18.2. The van der Waals surface area contributed by atoms with Gasteiger partial charge in [0.25, 0.3) is 0 Å². The van der Waals surface area contributed by atoms with Gasteiger partial charge in [-0.05, 0) is 199 Å². The highest BCUT2D eigenvalue weighted by atomic mass is 16.7. The Hall–Kier alpha value is -14.3. The lowest BCUT2D eigenvalue weighted by Crippen LogP contribution is -2.41. The number of hydrogen-bond acceptors (Lipinski definition) is 17. The summed E-state index contributed by atoms with van der Waals surface area (Å²) >= 11 is 0. The summed E-state index contributed by atoms with van der Waals surface area (Å²) in [5, 5.41) is 3.40. The van der Waals surface area contributed by atoms with Crippen LogP contribution in [0.2, 0.25) is 0 Å². The first kappa shape index (κ1) is 86.1. The van der Waals surface area contributed by atoms with Crippen molar-refractivity contribution in [2.45, 2.75) is 117 Å². The third-order valence-corrected chi connectivity index (χ3v) is 25.8. The quantitative estimate of drug-likeness (QED) is 0.0653. The van der Waals surface area contributed by atoms with Gasteiger partial charge in [-0.2, -0.15) is 0 Å². The van der Waals surface area contributed by atoms with Crippen LogP contribution in [0.1, 0.15) is 83.1 Å². The summed E-state index contributed by atoms with van der Waals surface area (Å²) in [7, 11) is -1.29. The van der Waals surface area contributed by atoms with Gasteiger partial charge in [-0.3, -0.25) is 24.9 Å². The molecule has 0 N–H and O–H groups in total. The molecule has 0 atom stereocenters. The summed E-state index contributed by atoms with van der Waals surface area (Å²) < 4.78 is 37.6. The number of hydrogen-bond donors (Lipinski definition) is 0. The Labute approximate surface area is 765 Å². The second-order valence-corrected chi connectivity index (χ2v) is 36.1. The van der Waals surface area contributed by atoms with Crippen LogP contribution in [-0.4, -0.2) is 110 Å². The summed E-state index contributed by atoms with van der Waals surface area (Å²) in [5.41, 5.74) is 22.7. The predicted octanol–water partition coefficient (Wildman–Crippen LogP) is 23.3. The highest BCUT2D eigenvalue weighted by Crippen LogP contribution is 2.43. The average Bonchev–Trinajstić information content (AvgIpc) is 1.55. The molecule has 10 aromatic carbocycles. The van der Waals surface area contributed by atoms with E-state index in [1.807, 2.05) is 219 Å². The summed E-state index contributed by atoms with van der Waals surface area (Å²) in [6.45, 7) is 24.7. The fourth-order valence-electron chi connectivity index (χ4n) is 16.0. The van der Waals surface area contributed by atoms with E-state index < -0.39 is 55.0 Å². The first-order valence-corrected chi connectivity index (χ1v) is 44.2. The van der Waals surface area contributed by atoms with E-state index in [0.717, 1.165) is 156 Å². The second kappa shape index (κ2) is 35.6. The van der Waals surface area contributed by atoms with Gasteiger partial charge >= 0.3 is 21.4 Å². The molecular weight excluding hydrogens is 1620 g/mol. The number of nitrogens with zero attached hydrogens (tertiary/aromatic N) is 11. The molecule has 131 heavy (non-hydrogen) atoms. The SMILES string of the molecule is CC1(C)OB(c2ccc(-c3nc(-c4ccc(-c5ccccc5)cc4)cc(-c4ccc(-c5ccccc5)nc4)n3)cc2)OC1(C)C.CC1(C)OB(c2ccc(-c3nc(-c4ccc(-c5ccccc5)cn4)cc(-c4ccc(-c5ccccc5)cn4)n3)cc2)OC1(C)C.CC1(C)OB(c2ccc(-c3nc(-c4cccnc4)cc(-c4cc5ccccc5c5cccnc45)n3)cc2)OC1(C)C. The van der Waals surface area contributed by atoms with Crippen molar-refractivity contribution in [3.8, 4) is 147 Å². The molecule has 0 amide bonds. The van der Waals surface area contributed by atoms with Crippen LogP contribution in [0.4, 0.5) is 0 Å². The Kier molecular flexibility index (Phi) is 23.4. The third-order valence-electron chi connectivity index (χ3n) is 25.8. The molecule has 8 aromatic heterocycles. The van der Waals surface area contributed by atoms with Crippen molar-refractivity contribution in [2.75, 3.05) is 0 Å². The molecule has 3 aliphatic rings. The van der Waals surface area contributed by atoms with Gasteiger partial charge in [-0.1, -0.05) is 261 Å². The Balaban J connectivity index is 0.000000127. The summed E-state index contributed by atoms with van der Waals surface area (Å²) in [4.78, 5) is 53.6. The monoisotopic (exact) mass is 1710 g/mol. The van der Waals surface area contributed by atoms with Crippen molar-refractivity contribution >= 4 is 59.4 Å². The van der Waals surface area contributed by atoms with Gasteiger partial charge in [-0.15, -0.1) is 0 Å². The number of aromatic nitrogens is 11. The van der Waals surface area contributed by atoms with Crippen molar-refractivity contribution in [2.24, 2.45) is 0 Å². The lowest BCUT2D eigenvalue weighted by molar-refractivity contribution is 0.00578. The van der Waals surface area contributed by atoms with E-state index in [2.05, 4.69) is 228 Å². The van der Waals surface area contributed by atoms with Gasteiger partial charge in [-0.25, -0.2) is 29.9 Å². The van der Waals surface area contributed by atoms with Crippen LogP contribution < -0.4 is 16.4 Å². The minimum absolute atomic E-state index is 0.400. The Morgan fingerprint density at radius 3 is 0.924 bits per heavy atom. The van der Waals surface area contributed by atoms with Gasteiger partial charge in [0.2, 0.25) is 0 Å². The minimum Gasteiger partial charge on any atom is -0.399 e. The Morgan fingerprint density at radius 2 is 0.504 bits per heavy atom. The lowest BCUT2D eigenvalue weighted by atomic mass is 9.79. The van der Waals surface area contributed by atoms with Crippen molar-refractivity contribution in [3.63, 3.8) is 0 Å². The van der Waals surface area contributed by atoms with Crippen LogP contribution in [-0.2, 0) is 27.9 Å². The molecule has 3 fully saturated rings. The molecule has 0 saturated carbocycles. The minimum atomic E-state index is -0.438. The number of benzene rings is 10. The molecular formula is C111H96B3N11O6. The first-order chi connectivity index (χ1) is 63.3. The fraction of sp³-hybridized carbons (Fsp3) is 0.162. The van der Waals surface area contributed by atoms with Gasteiger partial charge in [0, 0.05) is 98.2 Å². The molecule has 11 heterocycles. The highest BCUT2D eigenvalue weighted by molar-refractivity contribution is 6.63. The lowest BCUT2D eigenvalue weighted by Gasteiger charge is -2.32. The Bertz CT molecular complexity index is 6580. The predicted molar refractivity (Wildman–Crippen MR) is 528 cm³/mol. The van der Waals surface area contributed by atoms with Crippen molar-refractivity contribution in [3.05, 3.63) is 365 Å². The molecule has 17 nitrogen and oxygen atoms in total. The van der Waals surface area contributed by atoms with Crippen molar-refractivity contribution < 1.29 is 27.9 Å². The molecule has 0 aliphatic carbocycles. The molecule has 3 saturated heterocycles. The highest BCUT2D eigenvalue weighted by Gasteiger charge is 2.54. The molecule has 640 valence electrons. The zero-order valence-corrected chi connectivity index (χ0v) is 75.2. The van der Waals surface area contributed by atoms with Crippen LogP contribution in [0.15, 0.2) is 365 Å². The maximum Gasteiger partial charge on any atom is 0.494 e.